The van der Waals surface area contributed by atoms with Crippen LogP contribution in [-0.4, -0.2) is 30.9 Å². The van der Waals surface area contributed by atoms with Gasteiger partial charge in [-0.05, 0) is 44.9 Å². The molecule has 0 radical (unpaired) electrons. The number of hydrogen-bond donors (Lipinski definition) is 2. The highest BCUT2D eigenvalue weighted by atomic mass is 16.5. The standard InChI is InChI=1S/C15H25NO2/c1-5-6-16-9-14(17)10-18-15-12(3)7-11(2)8-13(15)4/h7-8,14,16-17H,5-6,9-10H2,1-4H3. The Bertz CT molecular complexity index is 354. The van der Waals surface area contributed by atoms with Crippen molar-refractivity contribution in [1.29, 1.82) is 0 Å². The Balaban J connectivity index is 2.48. The van der Waals surface area contributed by atoms with E-state index in [0.29, 0.717) is 13.2 Å². The van der Waals surface area contributed by atoms with E-state index in [4.69, 9.17) is 4.74 Å². The minimum absolute atomic E-state index is 0.335. The molecule has 0 spiro atoms. The van der Waals surface area contributed by atoms with Crippen LogP contribution in [0.5, 0.6) is 5.75 Å². The number of aliphatic hydroxyl groups excluding tert-OH is 1. The summed E-state index contributed by atoms with van der Waals surface area (Å²) in [6.45, 7) is 10.1. The largest absolute Gasteiger partial charge is 0.490 e. The van der Waals surface area contributed by atoms with Gasteiger partial charge in [-0.2, -0.15) is 0 Å². The van der Waals surface area contributed by atoms with Gasteiger partial charge in [-0.3, -0.25) is 0 Å². The van der Waals surface area contributed by atoms with Gasteiger partial charge in [0.1, 0.15) is 18.5 Å². The van der Waals surface area contributed by atoms with Crippen molar-refractivity contribution in [3.63, 3.8) is 0 Å². The van der Waals surface area contributed by atoms with E-state index in [-0.39, 0.29) is 0 Å². The van der Waals surface area contributed by atoms with Gasteiger partial charge in [0.2, 0.25) is 0 Å². The number of benzene rings is 1. The molecule has 1 unspecified atom stereocenters. The highest BCUT2D eigenvalue weighted by Gasteiger charge is 2.08. The third-order valence-corrected chi connectivity index (χ3v) is 2.83. The maximum absolute atomic E-state index is 9.79. The van der Waals surface area contributed by atoms with Crippen LogP contribution in [0.3, 0.4) is 0 Å². The lowest BCUT2D eigenvalue weighted by atomic mass is 10.1. The SMILES string of the molecule is CCCNCC(O)COc1c(C)cc(C)cc1C. The van der Waals surface area contributed by atoms with Crippen LogP contribution in [0.1, 0.15) is 30.0 Å². The highest BCUT2D eigenvalue weighted by Crippen LogP contribution is 2.24. The number of rotatable bonds is 7. The summed E-state index contributed by atoms with van der Waals surface area (Å²) in [7, 11) is 0. The Hall–Kier alpha value is -1.06. The topological polar surface area (TPSA) is 41.5 Å². The van der Waals surface area contributed by atoms with E-state index >= 15 is 0 Å². The van der Waals surface area contributed by atoms with Crippen molar-refractivity contribution in [2.45, 2.75) is 40.2 Å². The van der Waals surface area contributed by atoms with Gasteiger partial charge in [0.05, 0.1) is 0 Å². The second-order valence-corrected chi connectivity index (χ2v) is 4.90. The summed E-state index contributed by atoms with van der Waals surface area (Å²) in [5.41, 5.74) is 3.49. The van der Waals surface area contributed by atoms with E-state index in [1.165, 1.54) is 5.56 Å². The fourth-order valence-corrected chi connectivity index (χ4v) is 2.08. The Morgan fingerprint density at radius 1 is 1.22 bits per heavy atom. The van der Waals surface area contributed by atoms with Gasteiger partial charge in [-0.15, -0.1) is 0 Å². The van der Waals surface area contributed by atoms with Gasteiger partial charge >= 0.3 is 0 Å². The van der Waals surface area contributed by atoms with Gasteiger partial charge in [-0.1, -0.05) is 24.6 Å². The van der Waals surface area contributed by atoms with Crippen LogP contribution in [0, 0.1) is 20.8 Å². The molecular weight excluding hydrogens is 226 g/mol. The predicted octanol–water partition coefficient (Wildman–Crippen LogP) is 2.35. The fourth-order valence-electron chi connectivity index (χ4n) is 2.08. The molecule has 1 atom stereocenters. The molecule has 0 aliphatic heterocycles. The first-order valence-corrected chi connectivity index (χ1v) is 6.64. The van der Waals surface area contributed by atoms with Crippen molar-refractivity contribution < 1.29 is 9.84 Å². The average molecular weight is 251 g/mol. The minimum atomic E-state index is -0.461. The first kappa shape index (κ1) is 15.0. The van der Waals surface area contributed by atoms with Crippen LogP contribution in [-0.2, 0) is 0 Å². The van der Waals surface area contributed by atoms with E-state index < -0.39 is 6.10 Å². The summed E-state index contributed by atoms with van der Waals surface area (Å²) in [6, 6.07) is 4.20. The van der Waals surface area contributed by atoms with Crippen molar-refractivity contribution >= 4 is 0 Å². The zero-order chi connectivity index (χ0) is 13.5. The molecule has 18 heavy (non-hydrogen) atoms. The van der Waals surface area contributed by atoms with Crippen LogP contribution in [0.15, 0.2) is 12.1 Å². The lowest BCUT2D eigenvalue weighted by Crippen LogP contribution is -2.32. The summed E-state index contributed by atoms with van der Waals surface area (Å²) in [5.74, 6) is 0.898. The number of hydrogen-bond acceptors (Lipinski definition) is 3. The summed E-state index contributed by atoms with van der Waals surface area (Å²) in [6.07, 6.45) is 0.612. The Kier molecular flexibility index (Phi) is 6.16. The fraction of sp³-hybridized carbons (Fsp3) is 0.600. The van der Waals surface area contributed by atoms with Crippen molar-refractivity contribution in [3.05, 3.63) is 28.8 Å². The number of ether oxygens (including phenoxy) is 1. The first-order valence-electron chi connectivity index (χ1n) is 6.64. The Morgan fingerprint density at radius 3 is 2.39 bits per heavy atom. The second-order valence-electron chi connectivity index (χ2n) is 4.90. The second kappa shape index (κ2) is 7.39. The summed E-state index contributed by atoms with van der Waals surface area (Å²) in [4.78, 5) is 0. The van der Waals surface area contributed by atoms with E-state index in [1.807, 2.05) is 13.8 Å². The van der Waals surface area contributed by atoms with Crippen LogP contribution in [0.2, 0.25) is 0 Å². The highest BCUT2D eigenvalue weighted by molar-refractivity contribution is 5.42. The smallest absolute Gasteiger partial charge is 0.125 e. The third kappa shape index (κ3) is 4.67. The molecule has 0 amide bonds. The van der Waals surface area contributed by atoms with Crippen molar-refractivity contribution in [3.8, 4) is 5.75 Å². The molecule has 0 heterocycles. The van der Waals surface area contributed by atoms with Gasteiger partial charge in [0.15, 0.2) is 0 Å². The van der Waals surface area contributed by atoms with Crippen molar-refractivity contribution in [2.24, 2.45) is 0 Å². The number of nitrogens with one attached hydrogen (secondary N) is 1. The summed E-state index contributed by atoms with van der Waals surface area (Å²) < 4.78 is 5.73. The van der Waals surface area contributed by atoms with Crippen LogP contribution < -0.4 is 10.1 Å². The zero-order valence-corrected chi connectivity index (χ0v) is 11.9. The molecule has 0 aliphatic rings. The molecule has 0 saturated carbocycles. The molecule has 0 aliphatic carbocycles. The van der Waals surface area contributed by atoms with E-state index in [0.717, 1.165) is 29.8 Å². The minimum Gasteiger partial charge on any atom is -0.490 e. The van der Waals surface area contributed by atoms with Gasteiger partial charge < -0.3 is 15.2 Å². The normalized spacial score (nSPS) is 12.5. The van der Waals surface area contributed by atoms with Crippen LogP contribution in [0.25, 0.3) is 0 Å². The molecular formula is C15H25NO2. The lowest BCUT2D eigenvalue weighted by molar-refractivity contribution is 0.106. The first-order chi connectivity index (χ1) is 8.54. The summed E-state index contributed by atoms with van der Waals surface area (Å²) in [5, 5.41) is 13.0. The predicted molar refractivity (Wildman–Crippen MR) is 75.3 cm³/mol. The average Bonchev–Trinajstić information content (AvgIpc) is 2.27. The Morgan fingerprint density at radius 2 is 1.83 bits per heavy atom. The van der Waals surface area contributed by atoms with E-state index in [1.54, 1.807) is 0 Å². The number of aliphatic hydroxyl groups is 1. The molecule has 3 nitrogen and oxygen atoms in total. The molecule has 1 aromatic carbocycles. The summed E-state index contributed by atoms with van der Waals surface area (Å²) >= 11 is 0. The van der Waals surface area contributed by atoms with Crippen LogP contribution >= 0.6 is 0 Å². The molecule has 1 rings (SSSR count). The zero-order valence-electron chi connectivity index (χ0n) is 11.9. The number of aryl methyl sites for hydroxylation is 3. The molecule has 0 aromatic heterocycles. The maximum atomic E-state index is 9.79. The maximum Gasteiger partial charge on any atom is 0.125 e. The molecule has 1 aromatic rings. The quantitative estimate of drug-likeness (QED) is 0.731. The van der Waals surface area contributed by atoms with Crippen molar-refractivity contribution in [2.75, 3.05) is 19.7 Å². The molecule has 102 valence electrons. The van der Waals surface area contributed by atoms with Crippen molar-refractivity contribution in [1.82, 2.24) is 5.32 Å². The van der Waals surface area contributed by atoms with E-state index in [2.05, 4.69) is 31.3 Å². The van der Waals surface area contributed by atoms with Gasteiger partial charge in [0, 0.05) is 6.54 Å². The van der Waals surface area contributed by atoms with Gasteiger partial charge in [-0.25, -0.2) is 0 Å². The monoisotopic (exact) mass is 251 g/mol. The lowest BCUT2D eigenvalue weighted by Gasteiger charge is -2.16. The molecule has 0 bridgehead atoms. The Labute approximate surface area is 110 Å². The van der Waals surface area contributed by atoms with Gasteiger partial charge in [0.25, 0.3) is 0 Å². The molecule has 0 saturated heterocycles. The molecule has 0 fully saturated rings. The van der Waals surface area contributed by atoms with E-state index in [9.17, 15) is 5.11 Å². The molecule has 3 heteroatoms. The third-order valence-electron chi connectivity index (χ3n) is 2.83. The van der Waals surface area contributed by atoms with Crippen LogP contribution in [0.4, 0.5) is 0 Å². The molecule has 2 N–H and O–H groups in total.